The Morgan fingerprint density at radius 2 is 2.16 bits per heavy atom. The lowest BCUT2D eigenvalue weighted by Crippen LogP contribution is -2.35. The molecule has 0 amide bonds. The van der Waals surface area contributed by atoms with Gasteiger partial charge in [-0.3, -0.25) is 4.21 Å². The molecule has 0 radical (unpaired) electrons. The molecule has 19 heavy (non-hydrogen) atoms. The van der Waals surface area contributed by atoms with Crippen molar-refractivity contribution < 1.29 is 4.21 Å². The molecule has 1 aromatic rings. The zero-order chi connectivity index (χ0) is 13.1. The summed E-state index contributed by atoms with van der Waals surface area (Å²) in [4.78, 5) is 0. The molecule has 2 N–H and O–H groups in total. The third-order valence-corrected chi connectivity index (χ3v) is 5.51. The fourth-order valence-electron chi connectivity index (χ4n) is 2.98. The molecule has 104 valence electrons. The van der Waals surface area contributed by atoms with E-state index in [1.165, 1.54) is 29.7 Å². The van der Waals surface area contributed by atoms with E-state index in [9.17, 15) is 4.21 Å². The first kappa shape index (κ1) is 13.1. The van der Waals surface area contributed by atoms with Gasteiger partial charge in [-0.15, -0.1) is 0 Å². The molecule has 2 heterocycles. The Kier molecular flexibility index (Phi) is 4.18. The largest absolute Gasteiger partial charge is 0.385 e. The van der Waals surface area contributed by atoms with Crippen LogP contribution < -0.4 is 10.6 Å². The van der Waals surface area contributed by atoms with Crippen LogP contribution in [0.3, 0.4) is 0 Å². The Bertz CT molecular complexity index is 465. The van der Waals surface area contributed by atoms with Crippen LogP contribution in [0.5, 0.6) is 0 Å². The molecule has 0 saturated carbocycles. The van der Waals surface area contributed by atoms with Crippen molar-refractivity contribution in [3.8, 4) is 0 Å². The highest BCUT2D eigenvalue weighted by Crippen LogP contribution is 2.26. The predicted molar refractivity (Wildman–Crippen MR) is 81.0 cm³/mol. The molecule has 0 spiro atoms. The highest BCUT2D eigenvalue weighted by atomic mass is 32.2. The first-order valence-corrected chi connectivity index (χ1v) is 8.75. The van der Waals surface area contributed by atoms with Crippen molar-refractivity contribution in [1.82, 2.24) is 5.32 Å². The Labute approximate surface area is 117 Å². The van der Waals surface area contributed by atoms with Crippen LogP contribution in [0.2, 0.25) is 0 Å². The van der Waals surface area contributed by atoms with E-state index < -0.39 is 10.8 Å². The lowest BCUT2D eigenvalue weighted by molar-refractivity contribution is 0.475. The van der Waals surface area contributed by atoms with E-state index in [1.54, 1.807) is 0 Å². The summed E-state index contributed by atoms with van der Waals surface area (Å²) >= 11 is 0. The van der Waals surface area contributed by atoms with Gasteiger partial charge in [0.25, 0.3) is 0 Å². The number of rotatable bonds is 3. The molecule has 2 aliphatic rings. The summed E-state index contributed by atoms with van der Waals surface area (Å²) in [5.74, 6) is 1.73. The summed E-state index contributed by atoms with van der Waals surface area (Å²) in [5, 5.41) is 7.17. The number of anilines is 1. The van der Waals surface area contributed by atoms with Crippen molar-refractivity contribution in [3.05, 3.63) is 29.3 Å². The van der Waals surface area contributed by atoms with Crippen LogP contribution in [0.1, 0.15) is 30.4 Å². The predicted octanol–water partition coefficient (Wildman–Crippen LogP) is 2.05. The van der Waals surface area contributed by atoms with Gasteiger partial charge in [-0.1, -0.05) is 18.2 Å². The van der Waals surface area contributed by atoms with Crippen molar-refractivity contribution in [2.75, 3.05) is 23.4 Å². The summed E-state index contributed by atoms with van der Waals surface area (Å²) in [5.41, 5.74) is 4.18. The van der Waals surface area contributed by atoms with Crippen LogP contribution in [0.25, 0.3) is 0 Å². The maximum absolute atomic E-state index is 11.3. The number of hydrogen-bond acceptors (Lipinski definition) is 3. The monoisotopic (exact) mass is 278 g/mol. The Balaban J connectivity index is 1.62. The molecule has 3 nitrogen and oxygen atoms in total. The third-order valence-electron chi connectivity index (χ3n) is 4.13. The van der Waals surface area contributed by atoms with Gasteiger partial charge in [0, 0.05) is 47.1 Å². The molecule has 1 aromatic carbocycles. The van der Waals surface area contributed by atoms with Gasteiger partial charge < -0.3 is 10.6 Å². The average Bonchev–Trinajstić information content (AvgIpc) is 2.47. The van der Waals surface area contributed by atoms with Gasteiger partial charge in [-0.2, -0.15) is 0 Å². The quantitative estimate of drug-likeness (QED) is 0.889. The SMILES string of the molecule is O=S1CCC(NCc2cccc3c2NCCC3)CC1. The number of para-hydroxylation sites is 1. The molecular weight excluding hydrogens is 256 g/mol. The fraction of sp³-hybridized carbons (Fsp3) is 0.600. The number of aryl methyl sites for hydroxylation is 1. The van der Waals surface area contributed by atoms with Crippen molar-refractivity contribution in [3.63, 3.8) is 0 Å². The maximum Gasteiger partial charge on any atom is 0.0418 e. The van der Waals surface area contributed by atoms with Crippen LogP contribution in [0, 0.1) is 0 Å². The minimum atomic E-state index is -0.563. The molecule has 1 saturated heterocycles. The van der Waals surface area contributed by atoms with Crippen LogP contribution in [-0.2, 0) is 23.8 Å². The number of fused-ring (bicyclic) bond motifs is 1. The normalized spacial score (nSPS) is 26.5. The Hall–Kier alpha value is -0.870. The topological polar surface area (TPSA) is 41.1 Å². The molecule has 1 fully saturated rings. The zero-order valence-corrected chi connectivity index (χ0v) is 12.1. The first-order valence-electron chi connectivity index (χ1n) is 7.26. The molecule has 0 bridgehead atoms. The van der Waals surface area contributed by atoms with Crippen LogP contribution in [0.4, 0.5) is 5.69 Å². The van der Waals surface area contributed by atoms with Gasteiger partial charge in [-0.25, -0.2) is 0 Å². The fourth-order valence-corrected chi connectivity index (χ4v) is 4.28. The van der Waals surface area contributed by atoms with E-state index in [2.05, 4.69) is 28.8 Å². The van der Waals surface area contributed by atoms with Crippen molar-refractivity contribution in [2.45, 2.75) is 38.3 Å². The lowest BCUT2D eigenvalue weighted by atomic mass is 9.99. The second-order valence-electron chi connectivity index (χ2n) is 5.48. The number of hydrogen-bond donors (Lipinski definition) is 2. The first-order chi connectivity index (χ1) is 9.33. The minimum Gasteiger partial charge on any atom is -0.385 e. The lowest BCUT2D eigenvalue weighted by Gasteiger charge is -2.25. The van der Waals surface area contributed by atoms with E-state index in [0.717, 1.165) is 37.4 Å². The van der Waals surface area contributed by atoms with Gasteiger partial charge in [0.15, 0.2) is 0 Å². The average molecular weight is 278 g/mol. The molecule has 0 aliphatic carbocycles. The van der Waals surface area contributed by atoms with Crippen LogP contribution in [0.15, 0.2) is 18.2 Å². The third kappa shape index (κ3) is 3.18. The van der Waals surface area contributed by atoms with E-state index >= 15 is 0 Å². The highest BCUT2D eigenvalue weighted by Gasteiger charge is 2.18. The minimum absolute atomic E-state index is 0.539. The van der Waals surface area contributed by atoms with Crippen LogP contribution in [-0.4, -0.2) is 28.3 Å². The summed E-state index contributed by atoms with van der Waals surface area (Å²) in [6.07, 6.45) is 4.53. The molecule has 2 aliphatic heterocycles. The smallest absolute Gasteiger partial charge is 0.0418 e. The standard InChI is InChI=1S/C15H22N2OS/c18-19-9-6-14(7-10-19)17-11-13-4-1-3-12-5-2-8-16-15(12)13/h1,3-4,14,16-17H,2,5-11H2. The molecular formula is C15H22N2OS. The summed E-state index contributed by atoms with van der Waals surface area (Å²) in [7, 11) is -0.563. The van der Waals surface area contributed by atoms with Gasteiger partial charge >= 0.3 is 0 Å². The van der Waals surface area contributed by atoms with E-state index in [-0.39, 0.29) is 0 Å². The molecule has 0 atom stereocenters. The number of benzene rings is 1. The maximum atomic E-state index is 11.3. The highest BCUT2D eigenvalue weighted by molar-refractivity contribution is 7.85. The Morgan fingerprint density at radius 1 is 1.32 bits per heavy atom. The number of nitrogens with one attached hydrogen (secondary N) is 2. The second kappa shape index (κ2) is 6.06. The van der Waals surface area contributed by atoms with Crippen molar-refractivity contribution in [2.24, 2.45) is 0 Å². The van der Waals surface area contributed by atoms with E-state index in [4.69, 9.17) is 0 Å². The summed E-state index contributed by atoms with van der Waals surface area (Å²) in [6.45, 7) is 2.01. The van der Waals surface area contributed by atoms with Gasteiger partial charge in [0.05, 0.1) is 0 Å². The second-order valence-corrected chi connectivity index (χ2v) is 7.18. The Morgan fingerprint density at radius 3 is 3.00 bits per heavy atom. The van der Waals surface area contributed by atoms with Crippen LogP contribution >= 0.6 is 0 Å². The molecule has 0 aromatic heterocycles. The zero-order valence-electron chi connectivity index (χ0n) is 11.3. The molecule has 0 unspecified atom stereocenters. The van der Waals surface area contributed by atoms with Gasteiger partial charge in [0.2, 0.25) is 0 Å². The van der Waals surface area contributed by atoms with E-state index in [1.807, 2.05) is 0 Å². The van der Waals surface area contributed by atoms with Gasteiger partial charge in [0.1, 0.15) is 0 Å². The van der Waals surface area contributed by atoms with Gasteiger partial charge in [-0.05, 0) is 36.8 Å². The molecule has 4 heteroatoms. The van der Waals surface area contributed by atoms with Crippen molar-refractivity contribution >= 4 is 16.5 Å². The summed E-state index contributed by atoms with van der Waals surface area (Å²) in [6, 6.07) is 7.15. The van der Waals surface area contributed by atoms with E-state index in [0.29, 0.717) is 6.04 Å². The van der Waals surface area contributed by atoms with Crippen molar-refractivity contribution in [1.29, 1.82) is 0 Å². The summed E-state index contributed by atoms with van der Waals surface area (Å²) < 4.78 is 11.3. The molecule has 3 rings (SSSR count).